The number of hydrogen-bond donors (Lipinski definition) is 1. The molecule has 0 saturated heterocycles. The number of fused-ring (bicyclic) bond motifs is 1. The first-order valence-electron chi connectivity index (χ1n) is 9.96. The van der Waals surface area contributed by atoms with E-state index in [2.05, 4.69) is 5.32 Å². The molecule has 1 heterocycles. The summed E-state index contributed by atoms with van der Waals surface area (Å²) in [6, 6.07) is 9.62. The Labute approximate surface area is 182 Å². The van der Waals surface area contributed by atoms with Crippen molar-refractivity contribution >= 4 is 27.7 Å². The van der Waals surface area contributed by atoms with Crippen molar-refractivity contribution in [2.75, 3.05) is 38.7 Å². The highest BCUT2D eigenvalue weighted by Gasteiger charge is 2.21. The van der Waals surface area contributed by atoms with Crippen molar-refractivity contribution < 1.29 is 27.4 Å². The van der Waals surface area contributed by atoms with Gasteiger partial charge in [0.2, 0.25) is 21.7 Å². The Morgan fingerprint density at radius 3 is 2.45 bits per heavy atom. The highest BCUT2D eigenvalue weighted by atomic mass is 32.2. The zero-order chi connectivity index (χ0) is 22.4. The van der Waals surface area contributed by atoms with Crippen LogP contribution in [0.25, 0.3) is 6.08 Å². The van der Waals surface area contributed by atoms with Gasteiger partial charge in [0.1, 0.15) is 13.2 Å². The van der Waals surface area contributed by atoms with E-state index in [-0.39, 0.29) is 10.8 Å². The molecule has 8 nitrogen and oxygen atoms in total. The molecule has 3 rings (SSSR count). The van der Waals surface area contributed by atoms with Gasteiger partial charge in [-0.2, -0.15) is 4.31 Å². The zero-order valence-electron chi connectivity index (χ0n) is 17.8. The summed E-state index contributed by atoms with van der Waals surface area (Å²) >= 11 is 0. The smallest absolute Gasteiger partial charge is 0.248 e. The normalized spacial score (nSPS) is 13.4. The van der Waals surface area contributed by atoms with Crippen LogP contribution in [0.3, 0.4) is 0 Å². The number of benzene rings is 2. The second-order valence-electron chi connectivity index (χ2n) is 6.68. The summed E-state index contributed by atoms with van der Waals surface area (Å²) in [7, 11) is -1.99. The van der Waals surface area contributed by atoms with Crippen LogP contribution >= 0.6 is 0 Å². The quantitative estimate of drug-likeness (QED) is 0.626. The number of hydrogen-bond acceptors (Lipinski definition) is 6. The fourth-order valence-electron chi connectivity index (χ4n) is 3.17. The summed E-state index contributed by atoms with van der Waals surface area (Å²) in [5, 5.41) is 2.72. The van der Waals surface area contributed by atoms with Gasteiger partial charge in [-0.25, -0.2) is 8.42 Å². The lowest BCUT2D eigenvalue weighted by Crippen LogP contribution is -2.30. The number of amides is 1. The van der Waals surface area contributed by atoms with Gasteiger partial charge in [0.15, 0.2) is 11.5 Å². The van der Waals surface area contributed by atoms with Crippen molar-refractivity contribution in [3.8, 4) is 17.2 Å². The summed E-state index contributed by atoms with van der Waals surface area (Å²) < 4.78 is 43.0. The minimum Gasteiger partial charge on any atom is -0.493 e. The standard InChI is InChI=1S/C22H26N2O6S/c1-4-24(5-2)31(26,27)18-9-7-17(8-10-18)23-21(25)11-6-16-14-19(28-3)22-20(15-16)29-12-13-30-22/h6-11,14-15H,4-5,12-13H2,1-3H3,(H,23,25)/b11-6+. The largest absolute Gasteiger partial charge is 0.493 e. The summed E-state index contributed by atoms with van der Waals surface area (Å²) in [4.78, 5) is 12.5. The van der Waals surface area contributed by atoms with Crippen LogP contribution in [-0.4, -0.2) is 52.0 Å². The third-order valence-electron chi connectivity index (χ3n) is 4.74. The number of carbonyl (C=O) groups excluding carboxylic acids is 1. The van der Waals surface area contributed by atoms with Gasteiger partial charge in [0, 0.05) is 24.9 Å². The van der Waals surface area contributed by atoms with Crippen LogP contribution in [0.1, 0.15) is 19.4 Å². The van der Waals surface area contributed by atoms with Gasteiger partial charge in [-0.05, 0) is 48.0 Å². The van der Waals surface area contributed by atoms with Crippen LogP contribution in [0.2, 0.25) is 0 Å². The minimum absolute atomic E-state index is 0.188. The number of nitrogens with zero attached hydrogens (tertiary/aromatic N) is 1. The summed E-state index contributed by atoms with van der Waals surface area (Å²) in [6.07, 6.45) is 3.01. The van der Waals surface area contributed by atoms with Gasteiger partial charge in [-0.3, -0.25) is 4.79 Å². The molecular weight excluding hydrogens is 420 g/mol. The van der Waals surface area contributed by atoms with Gasteiger partial charge in [-0.1, -0.05) is 13.8 Å². The number of sulfonamides is 1. The molecule has 0 saturated carbocycles. The van der Waals surface area contributed by atoms with Gasteiger partial charge in [0.25, 0.3) is 0 Å². The molecule has 2 aromatic rings. The van der Waals surface area contributed by atoms with Crippen LogP contribution in [0.5, 0.6) is 17.2 Å². The number of anilines is 1. The molecule has 0 aliphatic carbocycles. The van der Waals surface area contributed by atoms with Gasteiger partial charge >= 0.3 is 0 Å². The van der Waals surface area contributed by atoms with Crippen molar-refractivity contribution in [3.05, 3.63) is 48.0 Å². The molecule has 9 heteroatoms. The van der Waals surface area contributed by atoms with E-state index in [4.69, 9.17) is 14.2 Å². The first kappa shape index (κ1) is 22.6. The lowest BCUT2D eigenvalue weighted by Gasteiger charge is -2.20. The molecule has 0 radical (unpaired) electrons. The highest BCUT2D eigenvalue weighted by Crippen LogP contribution is 2.40. The van der Waals surface area contributed by atoms with E-state index < -0.39 is 10.0 Å². The zero-order valence-corrected chi connectivity index (χ0v) is 18.6. The number of rotatable bonds is 8. The van der Waals surface area contributed by atoms with E-state index in [1.54, 1.807) is 44.2 Å². The van der Waals surface area contributed by atoms with Crippen LogP contribution in [0, 0.1) is 0 Å². The molecule has 0 unspecified atom stereocenters. The van der Waals surface area contributed by atoms with E-state index >= 15 is 0 Å². The number of ether oxygens (including phenoxy) is 3. The molecule has 0 bridgehead atoms. The Kier molecular flexibility index (Phi) is 7.19. The van der Waals surface area contributed by atoms with E-state index in [1.165, 1.54) is 29.6 Å². The summed E-state index contributed by atoms with van der Waals surface area (Å²) in [6.45, 7) is 5.28. The number of nitrogens with one attached hydrogen (secondary N) is 1. The fraction of sp³-hybridized carbons (Fsp3) is 0.318. The Morgan fingerprint density at radius 1 is 1.13 bits per heavy atom. The van der Waals surface area contributed by atoms with Crippen molar-refractivity contribution in [2.24, 2.45) is 0 Å². The second-order valence-corrected chi connectivity index (χ2v) is 8.62. The maximum Gasteiger partial charge on any atom is 0.248 e. The molecular formula is C22H26N2O6S. The maximum atomic E-state index is 12.5. The molecule has 1 aliphatic heterocycles. The lowest BCUT2D eigenvalue weighted by molar-refractivity contribution is -0.111. The summed E-state index contributed by atoms with van der Waals surface area (Å²) in [5.41, 5.74) is 1.21. The predicted molar refractivity (Wildman–Crippen MR) is 118 cm³/mol. The first-order valence-corrected chi connectivity index (χ1v) is 11.4. The van der Waals surface area contributed by atoms with Crippen molar-refractivity contribution in [1.29, 1.82) is 0 Å². The molecule has 0 spiro atoms. The van der Waals surface area contributed by atoms with E-state index in [0.717, 1.165) is 5.56 Å². The third-order valence-corrected chi connectivity index (χ3v) is 6.81. The molecule has 2 aromatic carbocycles. The van der Waals surface area contributed by atoms with Crippen molar-refractivity contribution in [1.82, 2.24) is 4.31 Å². The Morgan fingerprint density at radius 2 is 1.81 bits per heavy atom. The average molecular weight is 447 g/mol. The van der Waals surface area contributed by atoms with Crippen molar-refractivity contribution in [3.63, 3.8) is 0 Å². The van der Waals surface area contributed by atoms with Gasteiger partial charge in [-0.15, -0.1) is 0 Å². The Balaban J connectivity index is 1.69. The maximum absolute atomic E-state index is 12.5. The van der Waals surface area contributed by atoms with E-state index in [0.29, 0.717) is 49.2 Å². The molecule has 1 aliphatic rings. The third kappa shape index (κ3) is 5.18. The SMILES string of the molecule is CCN(CC)S(=O)(=O)c1ccc(NC(=O)/C=C/c2cc(OC)c3c(c2)OCCO3)cc1. The topological polar surface area (TPSA) is 94.2 Å². The number of methoxy groups -OCH3 is 1. The monoisotopic (exact) mass is 446 g/mol. The summed E-state index contributed by atoms with van der Waals surface area (Å²) in [5.74, 6) is 1.29. The predicted octanol–water partition coefficient (Wildman–Crippen LogP) is 3.15. The van der Waals surface area contributed by atoms with Crippen LogP contribution < -0.4 is 19.5 Å². The Bertz CT molecular complexity index is 1040. The van der Waals surface area contributed by atoms with Crippen LogP contribution in [-0.2, 0) is 14.8 Å². The second kappa shape index (κ2) is 9.84. The fourth-order valence-corrected chi connectivity index (χ4v) is 4.63. The van der Waals surface area contributed by atoms with E-state index in [9.17, 15) is 13.2 Å². The molecule has 0 fully saturated rings. The molecule has 0 aromatic heterocycles. The molecule has 31 heavy (non-hydrogen) atoms. The molecule has 1 amide bonds. The minimum atomic E-state index is -3.53. The average Bonchev–Trinajstić information content (AvgIpc) is 2.78. The Hall–Kier alpha value is -3.04. The lowest BCUT2D eigenvalue weighted by atomic mass is 10.1. The van der Waals surface area contributed by atoms with Crippen LogP contribution in [0.15, 0.2) is 47.4 Å². The van der Waals surface area contributed by atoms with Crippen LogP contribution in [0.4, 0.5) is 5.69 Å². The van der Waals surface area contributed by atoms with Gasteiger partial charge in [0.05, 0.1) is 12.0 Å². The molecule has 1 N–H and O–H groups in total. The molecule has 0 atom stereocenters. The molecule has 166 valence electrons. The van der Waals surface area contributed by atoms with Gasteiger partial charge < -0.3 is 19.5 Å². The highest BCUT2D eigenvalue weighted by molar-refractivity contribution is 7.89. The number of carbonyl (C=O) groups is 1. The first-order chi connectivity index (χ1) is 14.9. The van der Waals surface area contributed by atoms with E-state index in [1.807, 2.05) is 0 Å². The van der Waals surface area contributed by atoms with Crippen molar-refractivity contribution in [2.45, 2.75) is 18.7 Å².